The second kappa shape index (κ2) is 14.3. The van der Waals surface area contributed by atoms with Crippen LogP contribution in [0.4, 0.5) is 0 Å². The van der Waals surface area contributed by atoms with Gasteiger partial charge in [-0.05, 0) is 11.8 Å². The molecular weight excluding hydrogens is 287 g/mol. The standard InChI is InChI=1S/C23H46B/c1-5-7-9-10-11-13-21-14-12-16-22(18-17-21)24-23(15-8-6-2)19-20(3)4/h20-23H,5-19H2,1-4H3. The predicted octanol–water partition coefficient (Wildman–Crippen LogP) is 8.44. The summed E-state index contributed by atoms with van der Waals surface area (Å²) in [5.74, 6) is 3.71. The predicted molar refractivity (Wildman–Crippen MR) is 112 cm³/mol. The van der Waals surface area contributed by atoms with E-state index in [9.17, 15) is 0 Å². The maximum atomic E-state index is 2.80. The van der Waals surface area contributed by atoms with Crippen LogP contribution in [0.3, 0.4) is 0 Å². The third-order valence-electron chi connectivity index (χ3n) is 6.10. The van der Waals surface area contributed by atoms with E-state index in [-0.39, 0.29) is 0 Å². The SMILES string of the molecule is CCCCCCCC1CCCC([B]C(CCCC)CC(C)C)CC1. The molecule has 1 fully saturated rings. The second-order valence-electron chi connectivity index (χ2n) is 9.06. The molecule has 0 amide bonds. The molecule has 1 aliphatic carbocycles. The third kappa shape index (κ3) is 10.8. The van der Waals surface area contributed by atoms with E-state index in [2.05, 4.69) is 35.0 Å². The lowest BCUT2D eigenvalue weighted by Crippen LogP contribution is -2.13. The summed E-state index contributed by atoms with van der Waals surface area (Å²) in [7, 11) is 2.80. The van der Waals surface area contributed by atoms with E-state index < -0.39 is 0 Å². The highest BCUT2D eigenvalue weighted by molar-refractivity contribution is 6.39. The van der Waals surface area contributed by atoms with Crippen LogP contribution >= 0.6 is 0 Å². The molecular formula is C23H46B. The van der Waals surface area contributed by atoms with E-state index >= 15 is 0 Å². The molecule has 0 bridgehead atoms. The molecule has 3 unspecified atom stereocenters. The highest BCUT2D eigenvalue weighted by atomic mass is 14.2. The third-order valence-corrected chi connectivity index (χ3v) is 6.10. The van der Waals surface area contributed by atoms with Crippen molar-refractivity contribution in [3.05, 3.63) is 0 Å². The summed E-state index contributed by atoms with van der Waals surface area (Å²) in [5.41, 5.74) is 0. The van der Waals surface area contributed by atoms with Gasteiger partial charge in [-0.15, -0.1) is 0 Å². The van der Waals surface area contributed by atoms with Gasteiger partial charge < -0.3 is 0 Å². The summed E-state index contributed by atoms with van der Waals surface area (Å²) in [6, 6.07) is 0. The molecule has 24 heavy (non-hydrogen) atoms. The molecule has 0 aliphatic heterocycles. The summed E-state index contributed by atoms with van der Waals surface area (Å²) in [6.45, 7) is 9.45. The Labute approximate surface area is 155 Å². The van der Waals surface area contributed by atoms with Crippen molar-refractivity contribution in [2.75, 3.05) is 0 Å². The summed E-state index contributed by atoms with van der Waals surface area (Å²) in [6.07, 6.45) is 21.9. The highest BCUT2D eigenvalue weighted by Crippen LogP contribution is 2.37. The van der Waals surface area contributed by atoms with Crippen LogP contribution in [0.5, 0.6) is 0 Å². The Hall–Kier alpha value is 0.0649. The Kier molecular flexibility index (Phi) is 13.1. The number of unbranched alkanes of at least 4 members (excludes halogenated alkanes) is 5. The molecule has 0 nitrogen and oxygen atoms in total. The van der Waals surface area contributed by atoms with Crippen LogP contribution in [0.15, 0.2) is 0 Å². The lowest BCUT2D eigenvalue weighted by Gasteiger charge is -2.23. The van der Waals surface area contributed by atoms with Gasteiger partial charge in [-0.1, -0.05) is 136 Å². The van der Waals surface area contributed by atoms with Gasteiger partial charge in [-0.3, -0.25) is 0 Å². The fourth-order valence-corrected chi connectivity index (χ4v) is 4.67. The van der Waals surface area contributed by atoms with Crippen LogP contribution in [0.2, 0.25) is 11.6 Å². The molecule has 0 spiro atoms. The zero-order chi connectivity index (χ0) is 17.6. The van der Waals surface area contributed by atoms with Crippen LogP contribution in [-0.2, 0) is 0 Å². The van der Waals surface area contributed by atoms with Gasteiger partial charge in [0.05, 0.1) is 0 Å². The molecule has 3 atom stereocenters. The largest absolute Gasteiger partial charge is 0.117 e. The van der Waals surface area contributed by atoms with Crippen LogP contribution < -0.4 is 0 Å². The molecule has 0 aromatic carbocycles. The van der Waals surface area contributed by atoms with Crippen molar-refractivity contribution in [1.82, 2.24) is 0 Å². The van der Waals surface area contributed by atoms with E-state index in [4.69, 9.17) is 0 Å². The first-order valence-electron chi connectivity index (χ1n) is 11.5. The van der Waals surface area contributed by atoms with E-state index in [1.165, 1.54) is 96.3 Å². The lowest BCUT2D eigenvalue weighted by atomic mass is 9.50. The average Bonchev–Trinajstić information content (AvgIpc) is 2.77. The molecule has 141 valence electrons. The molecule has 0 N–H and O–H groups in total. The first kappa shape index (κ1) is 22.1. The van der Waals surface area contributed by atoms with E-state index in [0.717, 1.165) is 23.5 Å². The molecule has 1 aliphatic rings. The minimum Gasteiger partial charge on any atom is -0.0686 e. The summed E-state index contributed by atoms with van der Waals surface area (Å²) < 4.78 is 0. The van der Waals surface area contributed by atoms with Gasteiger partial charge in [-0.2, -0.15) is 0 Å². The van der Waals surface area contributed by atoms with E-state index in [0.29, 0.717) is 0 Å². The molecule has 0 aromatic heterocycles. The molecule has 1 radical (unpaired) electrons. The van der Waals surface area contributed by atoms with Gasteiger partial charge in [-0.25, -0.2) is 0 Å². The second-order valence-corrected chi connectivity index (χ2v) is 9.06. The minimum absolute atomic E-state index is 0.852. The number of rotatable bonds is 13. The van der Waals surface area contributed by atoms with Gasteiger partial charge in [0.25, 0.3) is 0 Å². The Morgan fingerprint density at radius 3 is 2.29 bits per heavy atom. The van der Waals surface area contributed by atoms with Gasteiger partial charge >= 0.3 is 0 Å². The maximum Gasteiger partial charge on any atom is 0.117 e. The topological polar surface area (TPSA) is 0 Å². The van der Waals surface area contributed by atoms with Crippen molar-refractivity contribution in [2.24, 2.45) is 11.8 Å². The van der Waals surface area contributed by atoms with Crippen molar-refractivity contribution in [1.29, 1.82) is 0 Å². The van der Waals surface area contributed by atoms with Crippen molar-refractivity contribution in [3.63, 3.8) is 0 Å². The molecule has 1 rings (SSSR count). The van der Waals surface area contributed by atoms with Crippen LogP contribution in [0.1, 0.15) is 124 Å². The van der Waals surface area contributed by atoms with Gasteiger partial charge in [0, 0.05) is 0 Å². The molecule has 0 saturated heterocycles. The fraction of sp³-hybridized carbons (Fsp3) is 1.00. The Morgan fingerprint density at radius 1 is 0.833 bits per heavy atom. The molecule has 1 heteroatoms. The van der Waals surface area contributed by atoms with E-state index in [1.54, 1.807) is 0 Å². The van der Waals surface area contributed by atoms with Crippen molar-refractivity contribution < 1.29 is 0 Å². The van der Waals surface area contributed by atoms with E-state index in [1.807, 2.05) is 0 Å². The first-order valence-corrected chi connectivity index (χ1v) is 11.5. The summed E-state index contributed by atoms with van der Waals surface area (Å²) >= 11 is 0. The quantitative estimate of drug-likeness (QED) is 0.180. The zero-order valence-electron chi connectivity index (χ0n) is 17.5. The lowest BCUT2D eigenvalue weighted by molar-refractivity contribution is 0.405. The highest BCUT2D eigenvalue weighted by Gasteiger charge is 2.23. The first-order chi connectivity index (χ1) is 11.7. The maximum absolute atomic E-state index is 2.80. The molecule has 1 saturated carbocycles. The number of hydrogen-bond acceptors (Lipinski definition) is 0. The van der Waals surface area contributed by atoms with Crippen LogP contribution in [0, 0.1) is 11.8 Å². The monoisotopic (exact) mass is 333 g/mol. The van der Waals surface area contributed by atoms with Gasteiger partial charge in [0.15, 0.2) is 0 Å². The van der Waals surface area contributed by atoms with Crippen molar-refractivity contribution in [2.45, 2.75) is 136 Å². The Bertz CT molecular complexity index is 273. The normalized spacial score (nSPS) is 23.2. The Morgan fingerprint density at radius 2 is 1.58 bits per heavy atom. The molecule has 0 aromatic rings. The number of hydrogen-bond donors (Lipinski definition) is 0. The van der Waals surface area contributed by atoms with Crippen molar-refractivity contribution in [3.8, 4) is 0 Å². The zero-order valence-corrected chi connectivity index (χ0v) is 17.5. The van der Waals surface area contributed by atoms with Gasteiger partial charge in [0.1, 0.15) is 7.28 Å². The average molecular weight is 333 g/mol. The summed E-state index contributed by atoms with van der Waals surface area (Å²) in [4.78, 5) is 0. The summed E-state index contributed by atoms with van der Waals surface area (Å²) in [5, 5.41) is 0. The van der Waals surface area contributed by atoms with Gasteiger partial charge in [0.2, 0.25) is 0 Å². The van der Waals surface area contributed by atoms with Crippen molar-refractivity contribution >= 4 is 7.28 Å². The van der Waals surface area contributed by atoms with Crippen LogP contribution in [0.25, 0.3) is 0 Å². The Balaban J connectivity index is 2.27. The molecule has 0 heterocycles. The fourth-order valence-electron chi connectivity index (χ4n) is 4.67. The minimum atomic E-state index is 0.852. The van der Waals surface area contributed by atoms with Crippen LogP contribution in [-0.4, -0.2) is 7.28 Å². The smallest absolute Gasteiger partial charge is 0.0686 e.